The molecule has 2 rings (SSSR count). The third-order valence-electron chi connectivity index (χ3n) is 3.86. The number of rotatable bonds is 10. The lowest BCUT2D eigenvalue weighted by atomic mass is 10.2. The molecular formula is C18H28N4O2. The van der Waals surface area contributed by atoms with E-state index in [0.717, 1.165) is 43.7 Å². The van der Waals surface area contributed by atoms with Gasteiger partial charge in [0.15, 0.2) is 18.0 Å². The predicted octanol–water partition coefficient (Wildman–Crippen LogP) is 2.17. The molecule has 0 aliphatic carbocycles. The highest BCUT2D eigenvalue weighted by Crippen LogP contribution is 2.19. The Morgan fingerprint density at radius 3 is 2.96 bits per heavy atom. The van der Waals surface area contributed by atoms with Gasteiger partial charge in [-0.2, -0.15) is 0 Å². The van der Waals surface area contributed by atoms with Crippen molar-refractivity contribution in [2.75, 3.05) is 19.7 Å². The minimum Gasteiger partial charge on any atom is -0.480 e. The van der Waals surface area contributed by atoms with Gasteiger partial charge in [-0.15, -0.1) is 0 Å². The van der Waals surface area contributed by atoms with E-state index in [-0.39, 0.29) is 18.6 Å². The largest absolute Gasteiger partial charge is 0.480 e. The molecule has 2 aromatic rings. The molecule has 0 aliphatic heterocycles. The number of hydrogen-bond donors (Lipinski definition) is 2. The molecule has 0 saturated carbocycles. The molecular weight excluding hydrogens is 304 g/mol. The van der Waals surface area contributed by atoms with Crippen molar-refractivity contribution in [2.24, 2.45) is 0 Å². The minimum atomic E-state index is -0.109. The molecule has 132 valence electrons. The van der Waals surface area contributed by atoms with Crippen molar-refractivity contribution in [3.63, 3.8) is 0 Å². The first-order valence-electron chi connectivity index (χ1n) is 8.73. The number of nitrogens with zero attached hydrogens (tertiary/aromatic N) is 2. The van der Waals surface area contributed by atoms with Crippen molar-refractivity contribution in [1.29, 1.82) is 0 Å². The Hall–Kier alpha value is -2.08. The van der Waals surface area contributed by atoms with Crippen LogP contribution in [0.4, 0.5) is 0 Å². The Labute approximate surface area is 143 Å². The number of pyridine rings is 1. The van der Waals surface area contributed by atoms with Crippen LogP contribution in [0.15, 0.2) is 24.5 Å². The molecule has 0 radical (unpaired) electrons. The number of ether oxygens (including phenoxy) is 1. The van der Waals surface area contributed by atoms with E-state index in [9.17, 15) is 4.79 Å². The maximum absolute atomic E-state index is 11.9. The summed E-state index contributed by atoms with van der Waals surface area (Å²) in [6.07, 6.45) is 6.85. The zero-order valence-corrected chi connectivity index (χ0v) is 14.8. The molecule has 0 aromatic carbocycles. The van der Waals surface area contributed by atoms with Crippen LogP contribution < -0.4 is 15.4 Å². The monoisotopic (exact) mass is 332 g/mol. The summed E-state index contributed by atoms with van der Waals surface area (Å²) >= 11 is 0. The highest BCUT2D eigenvalue weighted by molar-refractivity contribution is 5.78. The number of imidazole rings is 1. The van der Waals surface area contributed by atoms with E-state index < -0.39 is 0 Å². The van der Waals surface area contributed by atoms with Crippen LogP contribution in [0.25, 0.3) is 5.65 Å². The van der Waals surface area contributed by atoms with Crippen LogP contribution >= 0.6 is 0 Å². The molecule has 0 bridgehead atoms. The number of nitrogens with one attached hydrogen (secondary N) is 2. The Balaban J connectivity index is 1.97. The lowest BCUT2D eigenvalue weighted by molar-refractivity contribution is -0.123. The van der Waals surface area contributed by atoms with E-state index in [4.69, 9.17) is 4.74 Å². The van der Waals surface area contributed by atoms with Crippen molar-refractivity contribution in [3.8, 4) is 5.75 Å². The van der Waals surface area contributed by atoms with Gasteiger partial charge in [-0.25, -0.2) is 4.98 Å². The minimum absolute atomic E-state index is 0.00423. The van der Waals surface area contributed by atoms with Crippen LogP contribution in [0.3, 0.4) is 0 Å². The van der Waals surface area contributed by atoms with Crippen molar-refractivity contribution in [1.82, 2.24) is 20.0 Å². The first-order valence-corrected chi connectivity index (χ1v) is 8.73. The number of fused-ring (bicyclic) bond motifs is 1. The van der Waals surface area contributed by atoms with Crippen LogP contribution in [0.1, 0.15) is 39.3 Å². The van der Waals surface area contributed by atoms with E-state index in [1.165, 1.54) is 0 Å². The number of carbonyl (C=O) groups is 1. The molecule has 0 aliphatic rings. The number of hydrogen-bond acceptors (Lipinski definition) is 4. The summed E-state index contributed by atoms with van der Waals surface area (Å²) in [6, 6.07) is 3.90. The lowest BCUT2D eigenvalue weighted by Crippen LogP contribution is -2.35. The summed E-state index contributed by atoms with van der Waals surface area (Å²) in [4.78, 5) is 16.5. The van der Waals surface area contributed by atoms with Gasteiger partial charge < -0.3 is 19.8 Å². The van der Waals surface area contributed by atoms with Crippen molar-refractivity contribution < 1.29 is 9.53 Å². The second-order valence-electron chi connectivity index (χ2n) is 6.00. The molecule has 0 fully saturated rings. The Morgan fingerprint density at radius 2 is 2.21 bits per heavy atom. The zero-order chi connectivity index (χ0) is 17.4. The Morgan fingerprint density at radius 1 is 1.38 bits per heavy atom. The summed E-state index contributed by atoms with van der Waals surface area (Å²) < 4.78 is 7.61. The maximum Gasteiger partial charge on any atom is 0.258 e. The summed E-state index contributed by atoms with van der Waals surface area (Å²) in [5, 5.41) is 6.27. The highest BCUT2D eigenvalue weighted by Gasteiger charge is 2.10. The van der Waals surface area contributed by atoms with Gasteiger partial charge >= 0.3 is 0 Å². The highest BCUT2D eigenvalue weighted by atomic mass is 16.5. The van der Waals surface area contributed by atoms with Gasteiger partial charge in [0.05, 0.1) is 5.69 Å². The third-order valence-corrected chi connectivity index (χ3v) is 3.86. The fourth-order valence-corrected chi connectivity index (χ4v) is 2.35. The maximum atomic E-state index is 11.9. The van der Waals surface area contributed by atoms with Crippen LogP contribution in [-0.4, -0.2) is 41.0 Å². The van der Waals surface area contributed by atoms with Crippen LogP contribution in [0.5, 0.6) is 5.75 Å². The smallest absolute Gasteiger partial charge is 0.258 e. The summed E-state index contributed by atoms with van der Waals surface area (Å²) in [5.74, 6) is 0.520. The zero-order valence-electron chi connectivity index (χ0n) is 14.8. The van der Waals surface area contributed by atoms with Gasteiger partial charge in [0.25, 0.3) is 5.91 Å². The van der Waals surface area contributed by atoms with Crippen LogP contribution in [0, 0.1) is 0 Å². The lowest BCUT2D eigenvalue weighted by Gasteiger charge is -2.12. The molecule has 6 heteroatoms. The predicted molar refractivity (Wildman–Crippen MR) is 95.4 cm³/mol. The molecule has 2 aromatic heterocycles. The fraction of sp³-hybridized carbons (Fsp3) is 0.556. The van der Waals surface area contributed by atoms with Crippen molar-refractivity contribution >= 4 is 11.6 Å². The van der Waals surface area contributed by atoms with Gasteiger partial charge in [0, 0.05) is 31.4 Å². The fourth-order valence-electron chi connectivity index (χ4n) is 2.35. The topological polar surface area (TPSA) is 67.7 Å². The van der Waals surface area contributed by atoms with Crippen molar-refractivity contribution in [3.05, 3.63) is 30.2 Å². The molecule has 2 heterocycles. The van der Waals surface area contributed by atoms with Crippen molar-refractivity contribution in [2.45, 2.75) is 46.1 Å². The Kier molecular flexibility index (Phi) is 7.06. The number of aromatic nitrogens is 2. The van der Waals surface area contributed by atoms with E-state index in [0.29, 0.717) is 5.75 Å². The molecule has 1 unspecified atom stereocenters. The van der Waals surface area contributed by atoms with E-state index in [1.54, 1.807) is 0 Å². The summed E-state index contributed by atoms with van der Waals surface area (Å²) in [6.45, 7) is 8.10. The molecule has 0 spiro atoms. The summed E-state index contributed by atoms with van der Waals surface area (Å²) in [7, 11) is 0. The molecule has 1 atom stereocenters. The SMILES string of the molecule is CCCNCCc1cn2cccc(OCC(=O)NC(C)CC)c2n1. The standard InChI is InChI=1S/C18H28N4O2/c1-4-9-19-10-8-15-12-22-11-6-7-16(18(22)21-15)24-13-17(23)20-14(3)5-2/h6-7,11-12,14,19H,4-5,8-10,13H2,1-3H3,(H,20,23). The molecule has 2 N–H and O–H groups in total. The van der Waals surface area contributed by atoms with Crippen LogP contribution in [-0.2, 0) is 11.2 Å². The normalized spacial score (nSPS) is 12.3. The van der Waals surface area contributed by atoms with Gasteiger partial charge in [0.1, 0.15) is 0 Å². The van der Waals surface area contributed by atoms with E-state index in [1.807, 2.05) is 42.8 Å². The average Bonchev–Trinajstić information content (AvgIpc) is 3.00. The van der Waals surface area contributed by atoms with Gasteiger partial charge in [0.2, 0.25) is 0 Å². The number of carbonyl (C=O) groups excluding carboxylic acids is 1. The molecule has 0 saturated heterocycles. The average molecular weight is 332 g/mol. The molecule has 6 nitrogen and oxygen atoms in total. The third kappa shape index (κ3) is 5.23. The van der Waals surface area contributed by atoms with E-state index >= 15 is 0 Å². The molecule has 1 amide bonds. The quantitative estimate of drug-likeness (QED) is 0.654. The van der Waals surface area contributed by atoms with Gasteiger partial charge in [-0.1, -0.05) is 13.8 Å². The second kappa shape index (κ2) is 9.27. The second-order valence-corrected chi connectivity index (χ2v) is 6.00. The van der Waals surface area contributed by atoms with E-state index in [2.05, 4.69) is 22.5 Å². The molecule has 24 heavy (non-hydrogen) atoms. The summed E-state index contributed by atoms with van der Waals surface area (Å²) in [5.41, 5.74) is 1.76. The van der Waals surface area contributed by atoms with Gasteiger partial charge in [-0.3, -0.25) is 4.79 Å². The number of amides is 1. The Bertz CT molecular complexity index is 654. The first-order chi connectivity index (χ1) is 11.6. The van der Waals surface area contributed by atoms with Gasteiger partial charge in [-0.05, 0) is 38.4 Å². The first kappa shape index (κ1) is 18.3. The van der Waals surface area contributed by atoms with Crippen LogP contribution in [0.2, 0.25) is 0 Å².